The van der Waals surface area contributed by atoms with E-state index in [1.54, 1.807) is 0 Å². The molecule has 2 aromatic rings. The van der Waals surface area contributed by atoms with Crippen molar-refractivity contribution in [3.63, 3.8) is 0 Å². The number of carbonyl (C=O) groups is 1. The number of thiophene rings is 1. The maximum absolute atomic E-state index is 13.0. The molecular formula is C16H16F3N3OS. The van der Waals surface area contributed by atoms with Crippen molar-refractivity contribution in [3.05, 3.63) is 28.9 Å². The number of carbonyl (C=O) groups excluding carboxylic acids is 1. The van der Waals surface area contributed by atoms with Crippen molar-refractivity contribution in [1.82, 2.24) is 15.2 Å². The van der Waals surface area contributed by atoms with Crippen LogP contribution in [-0.4, -0.2) is 41.5 Å². The average Bonchev–Trinajstić information content (AvgIpc) is 2.99. The van der Waals surface area contributed by atoms with E-state index < -0.39 is 17.6 Å². The van der Waals surface area contributed by atoms with E-state index in [1.165, 1.54) is 12.3 Å². The van der Waals surface area contributed by atoms with Gasteiger partial charge in [0, 0.05) is 29.5 Å². The number of fused-ring (bicyclic) bond motifs is 4. The number of nitrogens with one attached hydrogen (secondary N) is 1. The van der Waals surface area contributed by atoms with Crippen molar-refractivity contribution in [3.8, 4) is 0 Å². The highest BCUT2D eigenvalue weighted by Gasteiger charge is 2.36. The summed E-state index contributed by atoms with van der Waals surface area (Å²) in [5.74, 6) is 0.0598. The standard InChI is InChI=1S/C16H16F3N3OS/c17-16(18,19)11-8-24-14-6-20-12(5-10(11)14)15(23)21-13-7-22-3-1-9(13)2-4-22/h5-6,8-9,13H,1-4,7H2,(H,21,23). The van der Waals surface area contributed by atoms with E-state index in [1.807, 2.05) is 0 Å². The zero-order valence-electron chi connectivity index (χ0n) is 12.8. The van der Waals surface area contributed by atoms with Crippen LogP contribution in [0.2, 0.25) is 0 Å². The molecule has 0 spiro atoms. The third-order valence-corrected chi connectivity index (χ3v) is 5.90. The Morgan fingerprint density at radius 3 is 2.71 bits per heavy atom. The van der Waals surface area contributed by atoms with Crippen LogP contribution in [0, 0.1) is 5.92 Å². The lowest BCUT2D eigenvalue weighted by Gasteiger charge is -2.44. The van der Waals surface area contributed by atoms with Gasteiger partial charge < -0.3 is 10.2 Å². The smallest absolute Gasteiger partial charge is 0.346 e. The summed E-state index contributed by atoms with van der Waals surface area (Å²) in [6, 6.07) is 1.31. The Bertz CT molecular complexity index is 780. The molecule has 1 amide bonds. The minimum Gasteiger partial charge on any atom is -0.346 e. The highest BCUT2D eigenvalue weighted by molar-refractivity contribution is 7.17. The molecule has 0 aliphatic carbocycles. The number of hydrogen-bond acceptors (Lipinski definition) is 4. The fraction of sp³-hybridized carbons (Fsp3) is 0.500. The Labute approximate surface area is 140 Å². The average molecular weight is 355 g/mol. The summed E-state index contributed by atoms with van der Waals surface area (Å²) in [5, 5.41) is 4.07. The molecular weight excluding hydrogens is 339 g/mol. The molecule has 1 unspecified atom stereocenters. The highest BCUT2D eigenvalue weighted by atomic mass is 32.1. The summed E-state index contributed by atoms with van der Waals surface area (Å²) in [6.45, 7) is 2.93. The van der Waals surface area contributed by atoms with Gasteiger partial charge in [0.1, 0.15) is 5.69 Å². The first-order chi connectivity index (χ1) is 11.4. The molecule has 24 heavy (non-hydrogen) atoms. The minimum absolute atomic E-state index is 0.0431. The van der Waals surface area contributed by atoms with E-state index in [0.29, 0.717) is 10.6 Å². The van der Waals surface area contributed by atoms with Crippen molar-refractivity contribution in [1.29, 1.82) is 0 Å². The van der Waals surface area contributed by atoms with E-state index in [0.717, 1.165) is 49.2 Å². The predicted octanol–water partition coefficient (Wildman–Crippen LogP) is 3.14. The molecule has 3 aliphatic heterocycles. The SMILES string of the molecule is O=C(NC1CN2CCC1CC2)c1cc2c(C(F)(F)F)csc2cn1. The van der Waals surface area contributed by atoms with Crippen LogP contribution in [0.1, 0.15) is 28.9 Å². The van der Waals surface area contributed by atoms with Gasteiger partial charge in [-0.05, 0) is 37.9 Å². The summed E-state index contributed by atoms with van der Waals surface area (Å²) < 4.78 is 39.5. The second-order valence-electron chi connectivity index (χ2n) is 6.43. The molecule has 1 atom stereocenters. The normalized spacial score (nSPS) is 26.7. The highest BCUT2D eigenvalue weighted by Crippen LogP contribution is 2.38. The van der Waals surface area contributed by atoms with Crippen molar-refractivity contribution in [2.75, 3.05) is 19.6 Å². The number of hydrogen-bond donors (Lipinski definition) is 1. The first-order valence-corrected chi connectivity index (χ1v) is 8.77. The molecule has 8 heteroatoms. The van der Waals surface area contributed by atoms with E-state index in [-0.39, 0.29) is 17.1 Å². The fourth-order valence-electron chi connectivity index (χ4n) is 3.65. The van der Waals surface area contributed by atoms with E-state index in [2.05, 4.69) is 15.2 Å². The van der Waals surface area contributed by atoms with Gasteiger partial charge in [0.05, 0.1) is 10.3 Å². The summed E-state index contributed by atoms with van der Waals surface area (Å²) in [5.41, 5.74) is -0.662. The molecule has 4 nitrogen and oxygen atoms in total. The number of alkyl halides is 3. The summed E-state index contributed by atoms with van der Waals surface area (Å²) in [4.78, 5) is 18.8. The quantitative estimate of drug-likeness (QED) is 0.900. The Morgan fingerprint density at radius 2 is 2.08 bits per heavy atom. The summed E-state index contributed by atoms with van der Waals surface area (Å²) >= 11 is 0.986. The van der Waals surface area contributed by atoms with Crippen LogP contribution in [0.25, 0.3) is 10.1 Å². The van der Waals surface area contributed by atoms with E-state index in [4.69, 9.17) is 0 Å². The number of rotatable bonds is 2. The number of pyridine rings is 1. The largest absolute Gasteiger partial charge is 0.417 e. The molecule has 3 saturated heterocycles. The van der Waals surface area contributed by atoms with Crippen molar-refractivity contribution >= 4 is 27.3 Å². The Balaban J connectivity index is 1.58. The molecule has 0 saturated carbocycles. The number of amides is 1. The van der Waals surface area contributed by atoms with Crippen LogP contribution >= 0.6 is 11.3 Å². The second-order valence-corrected chi connectivity index (χ2v) is 7.34. The molecule has 0 aromatic carbocycles. The van der Waals surface area contributed by atoms with E-state index in [9.17, 15) is 18.0 Å². The third-order valence-electron chi connectivity index (χ3n) is 4.97. The third kappa shape index (κ3) is 2.77. The molecule has 2 aromatic heterocycles. The van der Waals surface area contributed by atoms with Gasteiger partial charge in [-0.2, -0.15) is 13.2 Å². The Kier molecular flexibility index (Phi) is 3.76. The summed E-state index contributed by atoms with van der Waals surface area (Å²) in [6.07, 6.45) is -0.968. The fourth-order valence-corrected chi connectivity index (χ4v) is 4.56. The van der Waals surface area contributed by atoms with Gasteiger partial charge in [0.25, 0.3) is 5.91 Å². The van der Waals surface area contributed by atoms with Gasteiger partial charge in [0.15, 0.2) is 0 Å². The monoisotopic (exact) mass is 355 g/mol. The molecule has 0 radical (unpaired) electrons. The molecule has 5 rings (SSSR count). The molecule has 3 fully saturated rings. The maximum Gasteiger partial charge on any atom is 0.417 e. The van der Waals surface area contributed by atoms with Crippen LogP contribution in [0.4, 0.5) is 13.2 Å². The minimum atomic E-state index is -4.43. The first kappa shape index (κ1) is 15.8. The van der Waals surface area contributed by atoms with Gasteiger partial charge in [-0.25, -0.2) is 4.98 Å². The van der Waals surface area contributed by atoms with Gasteiger partial charge >= 0.3 is 6.18 Å². The number of piperidine rings is 3. The maximum atomic E-state index is 13.0. The van der Waals surface area contributed by atoms with Crippen molar-refractivity contribution in [2.45, 2.75) is 25.1 Å². The molecule has 1 N–H and O–H groups in total. The molecule has 5 heterocycles. The van der Waals surface area contributed by atoms with Gasteiger partial charge in [-0.3, -0.25) is 4.79 Å². The zero-order valence-corrected chi connectivity index (χ0v) is 13.6. The lowest BCUT2D eigenvalue weighted by Crippen LogP contribution is -2.57. The summed E-state index contributed by atoms with van der Waals surface area (Å²) in [7, 11) is 0. The molecule has 128 valence electrons. The van der Waals surface area contributed by atoms with Crippen LogP contribution in [0.5, 0.6) is 0 Å². The lowest BCUT2D eigenvalue weighted by molar-refractivity contribution is -0.136. The number of nitrogens with zero attached hydrogens (tertiary/aromatic N) is 2. The molecule has 2 bridgehead atoms. The number of aromatic nitrogens is 1. The van der Waals surface area contributed by atoms with Crippen molar-refractivity contribution < 1.29 is 18.0 Å². The van der Waals surface area contributed by atoms with Crippen LogP contribution in [0.15, 0.2) is 17.6 Å². The second kappa shape index (κ2) is 5.70. The van der Waals surface area contributed by atoms with Crippen LogP contribution in [0.3, 0.4) is 0 Å². The van der Waals surface area contributed by atoms with Gasteiger partial charge in [0.2, 0.25) is 0 Å². The molecule has 3 aliphatic rings. The van der Waals surface area contributed by atoms with Gasteiger partial charge in [-0.15, -0.1) is 11.3 Å². The topological polar surface area (TPSA) is 45.2 Å². The Morgan fingerprint density at radius 1 is 1.33 bits per heavy atom. The van der Waals surface area contributed by atoms with Crippen molar-refractivity contribution in [2.24, 2.45) is 5.92 Å². The number of halogens is 3. The van der Waals surface area contributed by atoms with E-state index >= 15 is 0 Å². The Hall–Kier alpha value is -1.67. The lowest BCUT2D eigenvalue weighted by atomic mass is 9.84. The predicted molar refractivity (Wildman–Crippen MR) is 85.0 cm³/mol. The van der Waals surface area contributed by atoms with Crippen LogP contribution < -0.4 is 5.32 Å². The van der Waals surface area contributed by atoms with Gasteiger partial charge in [-0.1, -0.05) is 0 Å². The first-order valence-electron chi connectivity index (χ1n) is 7.89. The zero-order chi connectivity index (χ0) is 16.9. The van der Waals surface area contributed by atoms with Crippen LogP contribution in [-0.2, 0) is 6.18 Å².